The first-order chi connectivity index (χ1) is 21.4. The number of likely N-dealkylation sites (N-methyl/N-ethyl adjacent to an activating group) is 1. The topological polar surface area (TPSA) is 140 Å². The minimum Gasteiger partial charge on any atom is -0.445 e. The summed E-state index contributed by atoms with van der Waals surface area (Å²) in [5, 5.41) is 5.63. The van der Waals surface area contributed by atoms with E-state index in [2.05, 4.69) is 52.8 Å². The minimum absolute atomic E-state index is 0.0518. The molecular formula is C35H51N5O4. The molecule has 0 saturated heterocycles. The van der Waals surface area contributed by atoms with Crippen molar-refractivity contribution in [1.82, 2.24) is 15.5 Å². The maximum absolute atomic E-state index is 13.5. The molecule has 2 saturated carbocycles. The second-order valence-electron chi connectivity index (χ2n) is 12.4. The van der Waals surface area contributed by atoms with Gasteiger partial charge < -0.3 is 31.7 Å². The molecule has 2 aromatic carbocycles. The number of carbonyl (C=O) groups is 3. The van der Waals surface area contributed by atoms with Crippen LogP contribution < -0.4 is 22.1 Å². The normalized spacial score (nSPS) is 21.8. The van der Waals surface area contributed by atoms with Crippen LogP contribution in [0.3, 0.4) is 0 Å². The van der Waals surface area contributed by atoms with Gasteiger partial charge in [0.2, 0.25) is 11.8 Å². The van der Waals surface area contributed by atoms with Gasteiger partial charge in [-0.3, -0.25) is 9.59 Å². The minimum atomic E-state index is -0.596. The number of rotatable bonds is 17. The van der Waals surface area contributed by atoms with Gasteiger partial charge in [0.05, 0.1) is 12.1 Å². The van der Waals surface area contributed by atoms with Crippen molar-refractivity contribution in [2.24, 2.45) is 23.3 Å². The predicted octanol–water partition coefficient (Wildman–Crippen LogP) is 4.46. The number of hydrogen-bond acceptors (Lipinski definition) is 6. The van der Waals surface area contributed by atoms with Crippen LogP contribution in [0.2, 0.25) is 0 Å². The summed E-state index contributed by atoms with van der Waals surface area (Å²) in [5.41, 5.74) is 14.8. The van der Waals surface area contributed by atoms with E-state index in [-0.39, 0.29) is 24.5 Å². The Morgan fingerprint density at radius 1 is 0.841 bits per heavy atom. The summed E-state index contributed by atoms with van der Waals surface area (Å²) in [7, 11) is 0. The van der Waals surface area contributed by atoms with E-state index in [1.165, 1.54) is 24.8 Å². The molecule has 0 aromatic heterocycles. The number of nitrogens with zero attached hydrogens (tertiary/aromatic N) is 1. The molecule has 4 rings (SSSR count). The summed E-state index contributed by atoms with van der Waals surface area (Å²) in [6.45, 7) is 3.93. The van der Waals surface area contributed by atoms with E-state index >= 15 is 0 Å². The van der Waals surface area contributed by atoms with Gasteiger partial charge in [0.1, 0.15) is 6.61 Å². The van der Waals surface area contributed by atoms with Crippen LogP contribution in [0.5, 0.6) is 0 Å². The number of nitrogens with two attached hydrogens (primary N) is 2. The number of alkyl carbamates (subject to hydrolysis) is 1. The standard InChI is InChI=1S/C35H51N5O4/c1-2-40(32-28-20-19-27(23-28)31(32)26-15-7-4-8-16-26)34(42)30(37)18-10-11-21-38-33(41)29(36)17-9-12-22-39-35(43)44-24-25-13-5-3-6-14-25/h3-8,13-16,27-32H,2,9-12,17-24,36-37H2,1H3,(H,38,41)(H,39,43)/t27?,28?,29-,30-,31?,32?/m0/s1. The number of hydrogen-bond donors (Lipinski definition) is 4. The van der Waals surface area contributed by atoms with Crippen molar-refractivity contribution in [3.05, 3.63) is 71.8 Å². The number of benzene rings is 2. The van der Waals surface area contributed by atoms with E-state index in [1.807, 2.05) is 30.3 Å². The fraction of sp³-hybridized carbons (Fsp3) is 0.571. The van der Waals surface area contributed by atoms with E-state index in [0.717, 1.165) is 18.4 Å². The lowest BCUT2D eigenvalue weighted by Crippen LogP contribution is -2.52. The van der Waals surface area contributed by atoms with Crippen LogP contribution in [0.1, 0.15) is 81.8 Å². The van der Waals surface area contributed by atoms with E-state index in [4.69, 9.17) is 16.2 Å². The molecule has 4 unspecified atom stereocenters. The van der Waals surface area contributed by atoms with Crippen LogP contribution in [0.4, 0.5) is 4.79 Å². The fourth-order valence-electron chi connectivity index (χ4n) is 7.12. The second-order valence-corrected chi connectivity index (χ2v) is 12.4. The molecule has 3 amide bonds. The van der Waals surface area contributed by atoms with Crippen molar-refractivity contribution in [2.75, 3.05) is 19.6 Å². The first-order valence-electron chi connectivity index (χ1n) is 16.5. The Kier molecular flexibility index (Phi) is 13.1. The highest BCUT2D eigenvalue weighted by Crippen LogP contribution is 2.55. The van der Waals surface area contributed by atoms with Crippen LogP contribution in [-0.4, -0.2) is 60.6 Å². The number of unbranched alkanes of at least 4 members (excludes halogenated alkanes) is 2. The van der Waals surface area contributed by atoms with Crippen LogP contribution in [-0.2, 0) is 20.9 Å². The quantitative estimate of drug-likeness (QED) is 0.197. The average Bonchev–Trinajstić information content (AvgIpc) is 3.67. The van der Waals surface area contributed by atoms with Gasteiger partial charge in [0.15, 0.2) is 0 Å². The van der Waals surface area contributed by atoms with Crippen LogP contribution in [0.15, 0.2) is 60.7 Å². The molecule has 2 aliphatic carbocycles. The van der Waals surface area contributed by atoms with Crippen molar-refractivity contribution in [3.63, 3.8) is 0 Å². The van der Waals surface area contributed by atoms with Crippen molar-refractivity contribution in [1.29, 1.82) is 0 Å². The molecule has 2 fully saturated rings. The molecule has 9 nitrogen and oxygen atoms in total. The van der Waals surface area contributed by atoms with Crippen molar-refractivity contribution in [3.8, 4) is 0 Å². The lowest BCUT2D eigenvalue weighted by atomic mass is 9.78. The molecule has 6 atom stereocenters. The number of ether oxygens (including phenoxy) is 1. The summed E-state index contributed by atoms with van der Waals surface area (Å²) in [6.07, 6.45) is 7.22. The average molecular weight is 606 g/mol. The Morgan fingerprint density at radius 2 is 1.45 bits per heavy atom. The smallest absolute Gasteiger partial charge is 0.407 e. The molecule has 0 radical (unpaired) electrons. The van der Waals surface area contributed by atoms with Crippen molar-refractivity contribution >= 4 is 17.9 Å². The summed E-state index contributed by atoms with van der Waals surface area (Å²) in [5.74, 6) is 1.46. The van der Waals surface area contributed by atoms with Crippen LogP contribution >= 0.6 is 0 Å². The van der Waals surface area contributed by atoms with Gasteiger partial charge in [-0.25, -0.2) is 4.79 Å². The first-order valence-corrected chi connectivity index (χ1v) is 16.5. The largest absolute Gasteiger partial charge is 0.445 e. The zero-order valence-electron chi connectivity index (χ0n) is 26.2. The molecule has 2 bridgehead atoms. The lowest BCUT2D eigenvalue weighted by Gasteiger charge is -2.40. The Balaban J connectivity index is 1.08. The number of nitrogens with one attached hydrogen (secondary N) is 2. The number of fused-ring (bicyclic) bond motifs is 2. The first kappa shape index (κ1) is 33.5. The van der Waals surface area contributed by atoms with E-state index < -0.39 is 18.2 Å². The number of amides is 3. The molecule has 0 spiro atoms. The van der Waals surface area contributed by atoms with Gasteiger partial charge in [0.25, 0.3) is 0 Å². The van der Waals surface area contributed by atoms with Crippen LogP contribution in [0.25, 0.3) is 0 Å². The maximum atomic E-state index is 13.5. The van der Waals surface area contributed by atoms with Crippen LogP contribution in [0, 0.1) is 11.8 Å². The molecule has 240 valence electrons. The molecule has 6 N–H and O–H groups in total. The second kappa shape index (κ2) is 17.2. The molecule has 2 aliphatic rings. The monoisotopic (exact) mass is 605 g/mol. The fourth-order valence-corrected chi connectivity index (χ4v) is 7.12. The van der Waals surface area contributed by atoms with E-state index in [1.54, 1.807) is 0 Å². The summed E-state index contributed by atoms with van der Waals surface area (Å²) < 4.78 is 5.19. The Bertz CT molecular complexity index is 1180. The van der Waals surface area contributed by atoms with Crippen molar-refractivity contribution in [2.45, 2.75) is 95.4 Å². The molecule has 44 heavy (non-hydrogen) atoms. The van der Waals surface area contributed by atoms with E-state index in [9.17, 15) is 14.4 Å². The summed E-state index contributed by atoms with van der Waals surface area (Å²) in [6, 6.07) is 19.3. The zero-order valence-corrected chi connectivity index (χ0v) is 26.2. The highest BCUT2D eigenvalue weighted by atomic mass is 16.5. The predicted molar refractivity (Wildman–Crippen MR) is 172 cm³/mol. The molecular weight excluding hydrogens is 554 g/mol. The SMILES string of the molecule is CCN(C(=O)[C@@H](N)CCCCNC(=O)[C@@H](N)CCCCNC(=O)OCc1ccccc1)C1C2CCC(C2)C1c1ccccc1. The lowest BCUT2D eigenvalue weighted by molar-refractivity contribution is -0.136. The van der Waals surface area contributed by atoms with Crippen molar-refractivity contribution < 1.29 is 19.1 Å². The highest BCUT2D eigenvalue weighted by Gasteiger charge is 2.51. The van der Waals surface area contributed by atoms with Gasteiger partial charge in [-0.15, -0.1) is 0 Å². The van der Waals surface area contributed by atoms with Gasteiger partial charge >= 0.3 is 6.09 Å². The Morgan fingerprint density at radius 3 is 2.14 bits per heavy atom. The molecule has 0 aliphatic heterocycles. The third kappa shape index (κ3) is 9.29. The molecule has 2 aromatic rings. The van der Waals surface area contributed by atoms with Gasteiger partial charge in [-0.2, -0.15) is 0 Å². The zero-order chi connectivity index (χ0) is 31.3. The third-order valence-corrected chi connectivity index (χ3v) is 9.36. The summed E-state index contributed by atoms with van der Waals surface area (Å²) in [4.78, 5) is 39.8. The van der Waals surface area contributed by atoms with E-state index in [0.29, 0.717) is 63.1 Å². The Hall–Kier alpha value is -3.43. The maximum Gasteiger partial charge on any atom is 0.407 e. The van der Waals surface area contributed by atoms with Gasteiger partial charge in [0, 0.05) is 31.6 Å². The molecule has 0 heterocycles. The van der Waals surface area contributed by atoms with Gasteiger partial charge in [-0.1, -0.05) is 60.7 Å². The molecule has 9 heteroatoms. The Labute approximate surface area is 262 Å². The summed E-state index contributed by atoms with van der Waals surface area (Å²) >= 11 is 0. The third-order valence-electron chi connectivity index (χ3n) is 9.36. The number of carbonyl (C=O) groups excluding carboxylic acids is 3. The highest BCUT2D eigenvalue weighted by molar-refractivity contribution is 5.82. The van der Waals surface area contributed by atoms with Gasteiger partial charge in [-0.05, 0) is 87.7 Å².